The molecule has 1 atom stereocenters. The van der Waals surface area contributed by atoms with E-state index in [0.29, 0.717) is 17.8 Å². The third-order valence-corrected chi connectivity index (χ3v) is 5.60. The number of rotatable bonds is 5. The molecule has 0 radical (unpaired) electrons. The number of nitrogens with zero attached hydrogens (tertiary/aromatic N) is 5. The van der Waals surface area contributed by atoms with Gasteiger partial charge in [0.1, 0.15) is 0 Å². The summed E-state index contributed by atoms with van der Waals surface area (Å²) in [4.78, 5) is 13.0. The number of aromatic amines is 1. The summed E-state index contributed by atoms with van der Waals surface area (Å²) >= 11 is 0. The highest BCUT2D eigenvalue weighted by Gasteiger charge is 2.26. The third kappa shape index (κ3) is 3.47. The van der Waals surface area contributed by atoms with Crippen LogP contribution in [0.3, 0.4) is 0 Å². The van der Waals surface area contributed by atoms with E-state index in [0.717, 1.165) is 29.7 Å². The molecule has 5 rings (SSSR count). The molecule has 150 valence electrons. The molecule has 8 nitrogen and oxygen atoms in total. The second-order valence-corrected chi connectivity index (χ2v) is 7.59. The second-order valence-electron chi connectivity index (χ2n) is 7.59. The minimum atomic E-state index is -0.0785. The molecule has 4 aromatic rings. The van der Waals surface area contributed by atoms with Crippen LogP contribution in [0, 0.1) is 0 Å². The maximum Gasteiger partial charge on any atom is 0.255 e. The molecule has 0 saturated heterocycles. The van der Waals surface area contributed by atoms with Gasteiger partial charge in [0.15, 0.2) is 0 Å². The van der Waals surface area contributed by atoms with Crippen LogP contribution in [0.2, 0.25) is 0 Å². The SMILES string of the molecule is Cn1ncc(C(=O)NC2Cc3ccc(-c4nn[nH]n4)cc3C2)c1Cc1ccccc1. The van der Waals surface area contributed by atoms with Gasteiger partial charge in [-0.2, -0.15) is 10.3 Å². The normalized spacial score (nSPS) is 15.2. The molecule has 1 unspecified atom stereocenters. The largest absolute Gasteiger partial charge is 0.349 e. The van der Waals surface area contributed by atoms with Gasteiger partial charge in [-0.25, -0.2) is 0 Å². The van der Waals surface area contributed by atoms with E-state index in [2.05, 4.69) is 55.3 Å². The van der Waals surface area contributed by atoms with Crippen LogP contribution in [0.1, 0.15) is 32.7 Å². The van der Waals surface area contributed by atoms with Crippen LogP contribution in [0.25, 0.3) is 11.4 Å². The predicted molar refractivity (Wildman–Crippen MR) is 111 cm³/mol. The van der Waals surface area contributed by atoms with Crippen molar-refractivity contribution in [2.75, 3.05) is 0 Å². The van der Waals surface area contributed by atoms with E-state index in [4.69, 9.17) is 0 Å². The first kappa shape index (κ1) is 18.2. The Kier molecular flexibility index (Phi) is 4.59. The molecular weight excluding hydrogens is 378 g/mol. The number of benzene rings is 2. The Hall–Kier alpha value is -3.81. The van der Waals surface area contributed by atoms with Crippen LogP contribution in [-0.4, -0.2) is 42.4 Å². The van der Waals surface area contributed by atoms with Crippen molar-refractivity contribution in [2.45, 2.75) is 25.3 Å². The van der Waals surface area contributed by atoms with E-state index >= 15 is 0 Å². The maximum absolute atomic E-state index is 13.0. The summed E-state index contributed by atoms with van der Waals surface area (Å²) in [6.45, 7) is 0. The number of H-pyrrole nitrogens is 1. The summed E-state index contributed by atoms with van der Waals surface area (Å²) < 4.78 is 1.78. The lowest BCUT2D eigenvalue weighted by atomic mass is 10.1. The molecule has 2 aromatic heterocycles. The number of hydrogen-bond donors (Lipinski definition) is 2. The zero-order chi connectivity index (χ0) is 20.5. The summed E-state index contributed by atoms with van der Waals surface area (Å²) in [6.07, 6.45) is 3.91. The summed E-state index contributed by atoms with van der Waals surface area (Å²) in [5, 5.41) is 21.7. The first-order valence-electron chi connectivity index (χ1n) is 9.88. The Labute approximate surface area is 173 Å². The van der Waals surface area contributed by atoms with Crippen molar-refractivity contribution in [3.63, 3.8) is 0 Å². The highest BCUT2D eigenvalue weighted by atomic mass is 16.1. The van der Waals surface area contributed by atoms with E-state index in [1.165, 1.54) is 11.1 Å². The number of tetrazole rings is 1. The molecule has 2 heterocycles. The maximum atomic E-state index is 13.0. The number of carbonyl (C=O) groups is 1. The van der Waals surface area contributed by atoms with Gasteiger partial charge in [0, 0.05) is 25.1 Å². The highest BCUT2D eigenvalue weighted by Crippen LogP contribution is 2.27. The van der Waals surface area contributed by atoms with Crippen LogP contribution < -0.4 is 5.32 Å². The average molecular weight is 399 g/mol. The number of nitrogens with one attached hydrogen (secondary N) is 2. The highest BCUT2D eigenvalue weighted by molar-refractivity contribution is 5.95. The van der Waals surface area contributed by atoms with Crippen molar-refractivity contribution in [1.29, 1.82) is 0 Å². The molecule has 0 fully saturated rings. The summed E-state index contributed by atoms with van der Waals surface area (Å²) in [5.74, 6) is 0.497. The summed E-state index contributed by atoms with van der Waals surface area (Å²) in [6, 6.07) is 16.3. The Morgan fingerprint density at radius 3 is 2.80 bits per heavy atom. The molecule has 2 N–H and O–H groups in total. The lowest BCUT2D eigenvalue weighted by Gasteiger charge is -2.13. The van der Waals surface area contributed by atoms with Gasteiger partial charge >= 0.3 is 0 Å². The summed E-state index contributed by atoms with van der Waals surface area (Å²) in [5.41, 5.74) is 6.06. The Bertz CT molecular complexity index is 1180. The monoisotopic (exact) mass is 399 g/mol. The van der Waals surface area contributed by atoms with E-state index in [-0.39, 0.29) is 11.9 Å². The Balaban J connectivity index is 1.30. The fourth-order valence-corrected chi connectivity index (χ4v) is 4.06. The van der Waals surface area contributed by atoms with Crippen molar-refractivity contribution in [3.05, 3.63) is 82.7 Å². The van der Waals surface area contributed by atoms with Gasteiger partial charge in [-0.3, -0.25) is 9.48 Å². The van der Waals surface area contributed by atoms with Gasteiger partial charge in [-0.05, 0) is 40.8 Å². The zero-order valence-corrected chi connectivity index (χ0v) is 16.5. The Morgan fingerprint density at radius 2 is 2.00 bits per heavy atom. The third-order valence-electron chi connectivity index (χ3n) is 5.60. The minimum Gasteiger partial charge on any atom is -0.349 e. The molecule has 2 aromatic carbocycles. The van der Waals surface area contributed by atoms with Crippen molar-refractivity contribution < 1.29 is 4.79 Å². The van der Waals surface area contributed by atoms with Crippen LogP contribution in [0.4, 0.5) is 0 Å². The summed E-state index contributed by atoms with van der Waals surface area (Å²) in [7, 11) is 1.87. The van der Waals surface area contributed by atoms with Gasteiger partial charge in [0.25, 0.3) is 5.91 Å². The van der Waals surface area contributed by atoms with Crippen LogP contribution in [0.15, 0.2) is 54.7 Å². The molecule has 1 aliphatic carbocycles. The molecule has 30 heavy (non-hydrogen) atoms. The zero-order valence-electron chi connectivity index (χ0n) is 16.5. The average Bonchev–Trinajstić information content (AvgIpc) is 3.49. The second kappa shape index (κ2) is 7.55. The topological polar surface area (TPSA) is 101 Å². The molecule has 0 bridgehead atoms. The number of hydrogen-bond acceptors (Lipinski definition) is 5. The van der Waals surface area contributed by atoms with Gasteiger partial charge in [-0.1, -0.05) is 42.5 Å². The number of aromatic nitrogens is 6. The molecule has 1 aliphatic rings. The molecule has 0 spiro atoms. The number of amides is 1. The lowest BCUT2D eigenvalue weighted by molar-refractivity contribution is 0.0937. The van der Waals surface area contributed by atoms with Crippen molar-refractivity contribution >= 4 is 5.91 Å². The number of carbonyl (C=O) groups excluding carboxylic acids is 1. The fraction of sp³-hybridized carbons (Fsp3) is 0.227. The number of fused-ring (bicyclic) bond motifs is 1. The van der Waals surface area contributed by atoms with Gasteiger partial charge in [0.05, 0.1) is 17.5 Å². The first-order valence-corrected chi connectivity index (χ1v) is 9.88. The van der Waals surface area contributed by atoms with Crippen molar-refractivity contribution in [3.8, 4) is 11.4 Å². The lowest BCUT2D eigenvalue weighted by Crippen LogP contribution is -2.35. The predicted octanol–water partition coefficient (Wildman–Crippen LogP) is 2.09. The van der Waals surface area contributed by atoms with Crippen molar-refractivity contribution in [2.24, 2.45) is 7.05 Å². The number of aryl methyl sites for hydroxylation is 1. The van der Waals surface area contributed by atoms with E-state index in [1.807, 2.05) is 31.3 Å². The van der Waals surface area contributed by atoms with E-state index < -0.39 is 0 Å². The minimum absolute atomic E-state index is 0.0535. The molecule has 0 saturated carbocycles. The van der Waals surface area contributed by atoms with Crippen molar-refractivity contribution in [1.82, 2.24) is 35.7 Å². The van der Waals surface area contributed by atoms with Gasteiger partial charge < -0.3 is 5.32 Å². The quantitative estimate of drug-likeness (QED) is 0.535. The first-order chi connectivity index (χ1) is 14.7. The standard InChI is InChI=1S/C22H21N7O/c1-29-20(9-14-5-3-2-4-6-14)19(13-23-29)22(30)24-18-11-15-7-8-16(10-17(15)12-18)21-25-27-28-26-21/h2-8,10,13,18H,9,11-12H2,1H3,(H,24,30)(H,25,26,27,28). The van der Waals surface area contributed by atoms with Gasteiger partial charge in [-0.15, -0.1) is 10.2 Å². The smallest absolute Gasteiger partial charge is 0.255 e. The van der Waals surface area contributed by atoms with Crippen LogP contribution in [-0.2, 0) is 26.3 Å². The van der Waals surface area contributed by atoms with Crippen LogP contribution in [0.5, 0.6) is 0 Å². The molecule has 1 amide bonds. The van der Waals surface area contributed by atoms with Crippen LogP contribution >= 0.6 is 0 Å². The Morgan fingerprint density at radius 1 is 1.17 bits per heavy atom. The van der Waals surface area contributed by atoms with E-state index in [9.17, 15) is 4.79 Å². The molecule has 8 heteroatoms. The van der Waals surface area contributed by atoms with E-state index in [1.54, 1.807) is 10.9 Å². The fourth-order valence-electron chi connectivity index (χ4n) is 4.06. The molecular formula is C22H21N7O. The van der Waals surface area contributed by atoms with Gasteiger partial charge in [0.2, 0.25) is 5.82 Å². The molecule has 0 aliphatic heterocycles.